The highest BCUT2D eigenvalue weighted by Crippen LogP contribution is 2.24. The van der Waals surface area contributed by atoms with Gasteiger partial charge < -0.3 is 15.4 Å². The van der Waals surface area contributed by atoms with Crippen LogP contribution in [0.2, 0.25) is 5.02 Å². The van der Waals surface area contributed by atoms with E-state index in [4.69, 9.17) is 22.1 Å². The Hall–Kier alpha value is -1.67. The number of halogens is 1. The van der Waals surface area contributed by atoms with Gasteiger partial charge in [0.1, 0.15) is 16.5 Å². The third kappa shape index (κ3) is 4.30. The van der Waals surface area contributed by atoms with Crippen molar-refractivity contribution in [2.45, 2.75) is 13.1 Å². The van der Waals surface area contributed by atoms with Crippen molar-refractivity contribution < 1.29 is 9.53 Å². The van der Waals surface area contributed by atoms with Crippen molar-refractivity contribution in [1.29, 1.82) is 0 Å². The van der Waals surface area contributed by atoms with E-state index < -0.39 is 0 Å². The lowest BCUT2D eigenvalue weighted by atomic mass is 10.1. The average molecular weight is 381 g/mol. The molecule has 0 aliphatic carbocycles. The largest absolute Gasteiger partial charge is 0.496 e. The molecule has 0 spiro atoms. The van der Waals surface area contributed by atoms with Crippen LogP contribution in [-0.4, -0.2) is 54.0 Å². The smallest absolute Gasteiger partial charge is 0.273 e. The van der Waals surface area contributed by atoms with Gasteiger partial charge in [0, 0.05) is 55.2 Å². The molecule has 1 amide bonds. The number of benzene rings is 1. The number of hydrogen-bond donors (Lipinski definition) is 1. The van der Waals surface area contributed by atoms with Gasteiger partial charge >= 0.3 is 0 Å². The van der Waals surface area contributed by atoms with Crippen LogP contribution in [-0.2, 0) is 13.1 Å². The second kappa shape index (κ2) is 8.14. The maximum Gasteiger partial charge on any atom is 0.273 e. The first kappa shape index (κ1) is 18.1. The van der Waals surface area contributed by atoms with Gasteiger partial charge in [-0.15, -0.1) is 11.3 Å². The Balaban J connectivity index is 1.58. The zero-order valence-electron chi connectivity index (χ0n) is 14.1. The van der Waals surface area contributed by atoms with Crippen molar-refractivity contribution in [3.63, 3.8) is 0 Å². The summed E-state index contributed by atoms with van der Waals surface area (Å²) in [6.45, 7) is 4.08. The summed E-state index contributed by atoms with van der Waals surface area (Å²) in [4.78, 5) is 20.9. The van der Waals surface area contributed by atoms with Gasteiger partial charge in [-0.1, -0.05) is 11.6 Å². The lowest BCUT2D eigenvalue weighted by Gasteiger charge is -2.34. The Morgan fingerprint density at radius 2 is 2.12 bits per heavy atom. The number of piperazine rings is 1. The Kier molecular flexibility index (Phi) is 5.90. The summed E-state index contributed by atoms with van der Waals surface area (Å²) in [5, 5.41) is 3.27. The molecule has 6 nitrogen and oxygen atoms in total. The molecule has 2 heterocycles. The van der Waals surface area contributed by atoms with E-state index >= 15 is 0 Å². The van der Waals surface area contributed by atoms with E-state index in [9.17, 15) is 4.79 Å². The van der Waals surface area contributed by atoms with Gasteiger partial charge in [0.15, 0.2) is 0 Å². The van der Waals surface area contributed by atoms with Crippen LogP contribution in [0.25, 0.3) is 0 Å². The molecule has 0 bridgehead atoms. The van der Waals surface area contributed by atoms with E-state index in [1.54, 1.807) is 12.5 Å². The number of methoxy groups -OCH3 is 1. The van der Waals surface area contributed by atoms with Crippen LogP contribution in [0.15, 0.2) is 23.6 Å². The van der Waals surface area contributed by atoms with Crippen LogP contribution < -0.4 is 10.5 Å². The maximum atomic E-state index is 12.5. The summed E-state index contributed by atoms with van der Waals surface area (Å²) in [5.41, 5.74) is 7.12. The number of thiazole rings is 1. The van der Waals surface area contributed by atoms with Gasteiger partial charge in [-0.3, -0.25) is 9.69 Å². The van der Waals surface area contributed by atoms with Crippen molar-refractivity contribution in [2.24, 2.45) is 5.73 Å². The van der Waals surface area contributed by atoms with Gasteiger partial charge in [-0.25, -0.2) is 4.98 Å². The Labute approximate surface area is 156 Å². The predicted octanol–water partition coefficient (Wildman–Crippen LogP) is 2.22. The third-order valence-corrected chi connectivity index (χ3v) is 5.35. The van der Waals surface area contributed by atoms with Gasteiger partial charge in [-0.2, -0.15) is 0 Å². The molecule has 134 valence electrons. The fraction of sp³-hybridized carbons (Fsp3) is 0.412. The standard InChI is InChI=1S/C17H21ClN4O2S/c1-24-15-3-2-13(18)8-12(15)10-21-4-6-22(7-5-21)17(23)14-11-25-16(9-19)20-14/h2-3,8,11H,4-7,9-10,19H2,1H3. The van der Waals surface area contributed by atoms with Gasteiger partial charge in [0.05, 0.1) is 7.11 Å². The first-order valence-electron chi connectivity index (χ1n) is 8.09. The minimum absolute atomic E-state index is 0.0177. The number of aromatic nitrogens is 1. The van der Waals surface area contributed by atoms with Crippen LogP contribution in [0.4, 0.5) is 0 Å². The van der Waals surface area contributed by atoms with Crippen molar-refractivity contribution in [3.05, 3.63) is 44.9 Å². The molecule has 1 fully saturated rings. The summed E-state index contributed by atoms with van der Waals surface area (Å²) in [6, 6.07) is 5.64. The first-order valence-corrected chi connectivity index (χ1v) is 9.35. The van der Waals surface area contributed by atoms with Crippen molar-refractivity contribution in [1.82, 2.24) is 14.8 Å². The summed E-state index contributed by atoms with van der Waals surface area (Å²) < 4.78 is 5.40. The number of carbonyl (C=O) groups excluding carboxylic acids is 1. The number of nitrogens with zero attached hydrogens (tertiary/aromatic N) is 3. The van der Waals surface area contributed by atoms with Crippen molar-refractivity contribution >= 4 is 28.8 Å². The molecule has 0 radical (unpaired) electrons. The summed E-state index contributed by atoms with van der Waals surface area (Å²) in [7, 11) is 1.66. The molecule has 0 unspecified atom stereocenters. The molecule has 3 rings (SSSR count). The van der Waals surface area contributed by atoms with Crippen molar-refractivity contribution in [3.8, 4) is 5.75 Å². The summed E-state index contributed by atoms with van der Waals surface area (Å²) in [6.07, 6.45) is 0. The average Bonchev–Trinajstić information content (AvgIpc) is 3.11. The fourth-order valence-corrected chi connectivity index (χ4v) is 3.73. The molecule has 0 atom stereocenters. The highest BCUT2D eigenvalue weighted by atomic mass is 35.5. The van der Waals surface area contributed by atoms with E-state index in [0.29, 0.717) is 30.4 Å². The third-order valence-electron chi connectivity index (χ3n) is 4.24. The first-order chi connectivity index (χ1) is 12.1. The molecule has 2 aromatic rings. The number of rotatable bonds is 5. The number of nitrogens with two attached hydrogens (primary N) is 1. The predicted molar refractivity (Wildman–Crippen MR) is 99.2 cm³/mol. The minimum Gasteiger partial charge on any atom is -0.496 e. The molecular weight excluding hydrogens is 360 g/mol. The van der Waals surface area contributed by atoms with Gasteiger partial charge in [0.2, 0.25) is 0 Å². The highest BCUT2D eigenvalue weighted by Gasteiger charge is 2.24. The minimum atomic E-state index is -0.0177. The lowest BCUT2D eigenvalue weighted by molar-refractivity contribution is 0.0622. The molecule has 0 saturated carbocycles. The Morgan fingerprint density at radius 3 is 2.76 bits per heavy atom. The number of ether oxygens (including phenoxy) is 1. The monoisotopic (exact) mass is 380 g/mol. The second-order valence-electron chi connectivity index (χ2n) is 5.86. The van der Waals surface area contributed by atoms with E-state index in [2.05, 4.69) is 9.88 Å². The van der Waals surface area contributed by atoms with E-state index in [1.165, 1.54) is 11.3 Å². The van der Waals surface area contributed by atoms with E-state index in [1.807, 2.05) is 23.1 Å². The Morgan fingerprint density at radius 1 is 1.36 bits per heavy atom. The van der Waals surface area contributed by atoms with Crippen LogP contribution in [0.3, 0.4) is 0 Å². The maximum absolute atomic E-state index is 12.5. The zero-order valence-corrected chi connectivity index (χ0v) is 15.6. The Bertz CT molecular complexity index is 744. The van der Waals surface area contributed by atoms with Gasteiger partial charge in [-0.05, 0) is 18.2 Å². The van der Waals surface area contributed by atoms with Crippen LogP contribution in [0, 0.1) is 0 Å². The normalized spacial score (nSPS) is 15.4. The number of amides is 1. The highest BCUT2D eigenvalue weighted by molar-refractivity contribution is 7.09. The van der Waals surface area contributed by atoms with Crippen LogP contribution in [0.5, 0.6) is 5.75 Å². The molecule has 8 heteroatoms. The SMILES string of the molecule is COc1ccc(Cl)cc1CN1CCN(C(=O)c2csc(CN)n2)CC1. The molecule has 2 N–H and O–H groups in total. The van der Waals surface area contributed by atoms with Crippen LogP contribution in [0.1, 0.15) is 21.1 Å². The summed E-state index contributed by atoms with van der Waals surface area (Å²) in [5.74, 6) is 0.815. The quantitative estimate of drug-likeness (QED) is 0.861. The lowest BCUT2D eigenvalue weighted by Crippen LogP contribution is -2.48. The van der Waals surface area contributed by atoms with Gasteiger partial charge in [0.25, 0.3) is 5.91 Å². The molecule has 1 aromatic carbocycles. The molecule has 25 heavy (non-hydrogen) atoms. The molecule has 1 aromatic heterocycles. The molecule has 1 saturated heterocycles. The molecular formula is C17H21ClN4O2S. The fourth-order valence-electron chi connectivity index (χ4n) is 2.89. The topological polar surface area (TPSA) is 71.7 Å². The molecule has 1 aliphatic rings. The van der Waals surface area contributed by atoms with Crippen LogP contribution >= 0.6 is 22.9 Å². The number of hydrogen-bond acceptors (Lipinski definition) is 6. The molecule has 1 aliphatic heterocycles. The second-order valence-corrected chi connectivity index (χ2v) is 7.23. The number of carbonyl (C=O) groups is 1. The van der Waals surface area contributed by atoms with E-state index in [0.717, 1.165) is 36.0 Å². The summed E-state index contributed by atoms with van der Waals surface area (Å²) >= 11 is 7.53. The zero-order chi connectivity index (χ0) is 17.8. The van der Waals surface area contributed by atoms with Crippen molar-refractivity contribution in [2.75, 3.05) is 33.3 Å². The van der Waals surface area contributed by atoms with E-state index in [-0.39, 0.29) is 5.91 Å².